The van der Waals surface area contributed by atoms with E-state index in [0.717, 1.165) is 0 Å². The van der Waals surface area contributed by atoms with Gasteiger partial charge in [0.15, 0.2) is 24.1 Å². The normalized spacial score (nSPS) is 38.5. The minimum atomic E-state index is -1.95. The number of aliphatic hydroxyl groups is 6. The van der Waals surface area contributed by atoms with Gasteiger partial charge in [0.1, 0.15) is 36.1 Å². The Morgan fingerprint density at radius 1 is 1.03 bits per heavy atom. The molecule has 1 aromatic carbocycles. The third-order valence-electron chi connectivity index (χ3n) is 5.41. The fourth-order valence-electron chi connectivity index (χ4n) is 3.43. The van der Waals surface area contributed by atoms with Crippen LogP contribution < -0.4 is 0 Å². The quantitative estimate of drug-likeness (QED) is 0.187. The molecule has 0 aliphatic carbocycles. The summed E-state index contributed by atoms with van der Waals surface area (Å²) in [5.41, 5.74) is -1.31. The number of hydrogen-bond donors (Lipinski definition) is 8. The highest BCUT2D eigenvalue weighted by atomic mass is 16.7. The molecule has 12 heteroatoms. The molecular formula is C19H28O12. The van der Waals surface area contributed by atoms with Crippen LogP contribution in [0.2, 0.25) is 0 Å². The van der Waals surface area contributed by atoms with Gasteiger partial charge in [-0.25, -0.2) is 0 Å². The summed E-state index contributed by atoms with van der Waals surface area (Å²) in [6, 6.07) is 4.24. The van der Waals surface area contributed by atoms with Gasteiger partial charge in [-0.05, 0) is 24.1 Å². The molecule has 0 saturated carbocycles. The maximum Gasteiger partial charge on any atom is 0.187 e. The Bertz CT molecular complexity index is 732. The topological polar surface area (TPSA) is 199 Å². The third-order valence-corrected chi connectivity index (χ3v) is 5.41. The lowest BCUT2D eigenvalue weighted by Gasteiger charge is -2.42. The van der Waals surface area contributed by atoms with Crippen molar-refractivity contribution < 1.29 is 59.8 Å². The van der Waals surface area contributed by atoms with Crippen LogP contribution in [0.5, 0.6) is 11.5 Å². The maximum absolute atomic E-state index is 10.6. The van der Waals surface area contributed by atoms with E-state index in [0.29, 0.717) is 5.56 Å². The van der Waals surface area contributed by atoms with Gasteiger partial charge in [0, 0.05) is 0 Å². The first kappa shape index (κ1) is 24.1. The molecule has 0 spiro atoms. The Hall–Kier alpha value is -1.58. The average Bonchev–Trinajstić information content (AvgIpc) is 3.04. The number of aromatic hydroxyl groups is 2. The van der Waals surface area contributed by atoms with Crippen molar-refractivity contribution in [3.8, 4) is 11.5 Å². The molecule has 0 aromatic heterocycles. The van der Waals surface area contributed by atoms with Gasteiger partial charge >= 0.3 is 0 Å². The lowest BCUT2D eigenvalue weighted by molar-refractivity contribution is -0.329. The number of hydrogen-bond acceptors (Lipinski definition) is 12. The monoisotopic (exact) mass is 448 g/mol. The van der Waals surface area contributed by atoms with E-state index in [-0.39, 0.29) is 24.5 Å². The molecule has 2 fully saturated rings. The Morgan fingerprint density at radius 2 is 1.77 bits per heavy atom. The summed E-state index contributed by atoms with van der Waals surface area (Å²) < 4.78 is 21.5. The summed E-state index contributed by atoms with van der Waals surface area (Å²) in [4.78, 5) is 0. The summed E-state index contributed by atoms with van der Waals surface area (Å²) >= 11 is 0. The molecule has 31 heavy (non-hydrogen) atoms. The molecule has 0 unspecified atom stereocenters. The van der Waals surface area contributed by atoms with Crippen molar-refractivity contribution in [3.63, 3.8) is 0 Å². The van der Waals surface area contributed by atoms with Crippen molar-refractivity contribution in [2.45, 2.75) is 55.1 Å². The zero-order valence-electron chi connectivity index (χ0n) is 16.5. The highest BCUT2D eigenvalue weighted by Gasteiger charge is 2.53. The van der Waals surface area contributed by atoms with Crippen molar-refractivity contribution in [1.29, 1.82) is 0 Å². The van der Waals surface area contributed by atoms with E-state index in [1.807, 2.05) is 0 Å². The molecule has 1 aromatic rings. The molecule has 0 bridgehead atoms. The zero-order valence-corrected chi connectivity index (χ0v) is 16.5. The smallest absolute Gasteiger partial charge is 0.187 e. The van der Waals surface area contributed by atoms with Gasteiger partial charge in [-0.2, -0.15) is 0 Å². The van der Waals surface area contributed by atoms with Crippen molar-refractivity contribution >= 4 is 0 Å². The third kappa shape index (κ3) is 5.09. The average molecular weight is 448 g/mol. The number of aliphatic hydroxyl groups excluding tert-OH is 5. The summed E-state index contributed by atoms with van der Waals surface area (Å²) in [5.74, 6) is -0.554. The van der Waals surface area contributed by atoms with Crippen LogP contribution in [0.15, 0.2) is 18.2 Å². The minimum Gasteiger partial charge on any atom is -0.504 e. The predicted octanol–water partition coefficient (Wildman–Crippen LogP) is -3.08. The van der Waals surface area contributed by atoms with Crippen LogP contribution in [-0.4, -0.2) is 116 Å². The number of benzene rings is 1. The van der Waals surface area contributed by atoms with E-state index in [4.69, 9.17) is 18.9 Å². The van der Waals surface area contributed by atoms with Gasteiger partial charge in [0.05, 0.1) is 26.4 Å². The molecule has 0 radical (unpaired) electrons. The molecular weight excluding hydrogens is 420 g/mol. The Labute approximate surface area is 177 Å². The van der Waals surface area contributed by atoms with E-state index in [2.05, 4.69) is 0 Å². The second-order valence-corrected chi connectivity index (χ2v) is 7.64. The van der Waals surface area contributed by atoms with Crippen molar-refractivity contribution in [3.05, 3.63) is 23.8 Å². The predicted molar refractivity (Wildman–Crippen MR) is 99.8 cm³/mol. The van der Waals surface area contributed by atoms with Gasteiger partial charge in [0.25, 0.3) is 0 Å². The second kappa shape index (κ2) is 9.92. The van der Waals surface area contributed by atoms with E-state index >= 15 is 0 Å². The fraction of sp³-hybridized carbons (Fsp3) is 0.684. The van der Waals surface area contributed by atoms with E-state index in [1.54, 1.807) is 6.07 Å². The summed E-state index contributed by atoms with van der Waals surface area (Å²) in [7, 11) is 0. The van der Waals surface area contributed by atoms with Crippen LogP contribution in [0.3, 0.4) is 0 Å². The summed E-state index contributed by atoms with van der Waals surface area (Å²) in [6.07, 6.45) is -9.77. The van der Waals surface area contributed by atoms with Crippen LogP contribution in [0, 0.1) is 0 Å². The number of rotatable bonds is 8. The lowest BCUT2D eigenvalue weighted by atomic mass is 9.98. The molecule has 8 N–H and O–H groups in total. The molecule has 176 valence electrons. The molecule has 12 nitrogen and oxygen atoms in total. The highest BCUT2D eigenvalue weighted by Crippen LogP contribution is 2.31. The number of ether oxygens (including phenoxy) is 4. The molecule has 3 rings (SSSR count). The van der Waals surface area contributed by atoms with Gasteiger partial charge in [-0.1, -0.05) is 6.07 Å². The zero-order chi connectivity index (χ0) is 22.8. The summed E-state index contributed by atoms with van der Waals surface area (Å²) in [6.45, 7) is -1.81. The molecule has 2 aliphatic rings. The van der Waals surface area contributed by atoms with Crippen molar-refractivity contribution in [2.24, 2.45) is 0 Å². The van der Waals surface area contributed by atoms with Gasteiger partial charge in [-0.3, -0.25) is 0 Å². The molecule has 0 amide bonds. The van der Waals surface area contributed by atoms with Gasteiger partial charge in [-0.15, -0.1) is 0 Å². The van der Waals surface area contributed by atoms with Crippen LogP contribution in [0.4, 0.5) is 0 Å². The van der Waals surface area contributed by atoms with Crippen LogP contribution in [0.1, 0.15) is 5.56 Å². The second-order valence-electron chi connectivity index (χ2n) is 7.64. The van der Waals surface area contributed by atoms with Crippen LogP contribution in [-0.2, 0) is 25.4 Å². The van der Waals surface area contributed by atoms with Gasteiger partial charge in [0.2, 0.25) is 0 Å². The first-order valence-electron chi connectivity index (χ1n) is 9.73. The largest absolute Gasteiger partial charge is 0.504 e. The van der Waals surface area contributed by atoms with E-state index in [1.165, 1.54) is 12.1 Å². The molecule has 2 saturated heterocycles. The van der Waals surface area contributed by atoms with E-state index < -0.39 is 68.5 Å². The molecule has 2 aliphatic heterocycles. The standard InChI is InChI=1S/C19H28O12/c20-6-12-13(24)15(31-18-16(26)19(27,7-21)8-29-18)14(25)17(30-12)28-4-3-9-1-2-10(22)11(23)5-9/h1-2,5,12-18,20-27H,3-4,6-8H2/t12-,13-,14+,15+,16-,17+,18+,19-/m1/s1. The first-order chi connectivity index (χ1) is 14.7. The van der Waals surface area contributed by atoms with Crippen molar-refractivity contribution in [1.82, 2.24) is 0 Å². The maximum atomic E-state index is 10.6. The molecule has 8 atom stereocenters. The van der Waals surface area contributed by atoms with Crippen LogP contribution >= 0.6 is 0 Å². The number of phenols is 2. The first-order valence-corrected chi connectivity index (χ1v) is 9.73. The summed E-state index contributed by atoms with van der Waals surface area (Å²) in [5, 5.41) is 78.8. The highest BCUT2D eigenvalue weighted by molar-refractivity contribution is 5.40. The molecule has 2 heterocycles. The van der Waals surface area contributed by atoms with Gasteiger partial charge < -0.3 is 59.8 Å². The van der Waals surface area contributed by atoms with Crippen LogP contribution in [0.25, 0.3) is 0 Å². The Kier molecular flexibility index (Phi) is 7.70. The lowest BCUT2D eigenvalue weighted by Crippen LogP contribution is -2.61. The van der Waals surface area contributed by atoms with Crippen molar-refractivity contribution in [2.75, 3.05) is 26.4 Å². The minimum absolute atomic E-state index is 0.0136. The van der Waals surface area contributed by atoms with E-state index in [9.17, 15) is 40.9 Å². The number of phenolic OH excluding ortho intramolecular Hbond substituents is 2. The Balaban J connectivity index is 1.63. The Morgan fingerprint density at radius 3 is 2.39 bits per heavy atom. The SMILES string of the molecule is OC[C@H]1O[C@H](OCCc2ccc(O)c(O)c2)[C@@H](O)[C@@H](O[C@@H]2OC[C@](O)(CO)[C@@H]2O)[C@@H]1O. The fourth-order valence-corrected chi connectivity index (χ4v) is 3.43.